The molecule has 5 nitrogen and oxygen atoms in total. The molecule has 1 aromatic heterocycles. The molecule has 21 heavy (non-hydrogen) atoms. The van der Waals surface area contributed by atoms with E-state index in [-0.39, 0.29) is 23.6 Å². The second-order valence-electron chi connectivity index (χ2n) is 5.29. The number of carboxylic acid groups (broad SMARTS) is 1. The molecule has 0 saturated heterocycles. The van der Waals surface area contributed by atoms with Gasteiger partial charge in [-0.1, -0.05) is 12.1 Å². The van der Waals surface area contributed by atoms with E-state index in [2.05, 4.69) is 21.2 Å². The van der Waals surface area contributed by atoms with Crippen LogP contribution in [0.5, 0.6) is 0 Å². The van der Waals surface area contributed by atoms with Crippen molar-refractivity contribution < 1.29 is 19.1 Å². The lowest BCUT2D eigenvalue weighted by Crippen LogP contribution is -2.33. The largest absolute Gasteiger partial charge is 0.481 e. The van der Waals surface area contributed by atoms with Crippen LogP contribution in [-0.2, 0) is 4.79 Å². The molecule has 1 amide bonds. The van der Waals surface area contributed by atoms with Crippen molar-refractivity contribution in [3.8, 4) is 0 Å². The maximum Gasteiger partial charge on any atom is 0.306 e. The van der Waals surface area contributed by atoms with Crippen molar-refractivity contribution in [3.63, 3.8) is 0 Å². The van der Waals surface area contributed by atoms with E-state index < -0.39 is 5.97 Å². The molecule has 0 aliphatic heterocycles. The Morgan fingerprint density at radius 1 is 1.33 bits per heavy atom. The first-order chi connectivity index (χ1) is 10.0. The van der Waals surface area contributed by atoms with Crippen molar-refractivity contribution in [1.29, 1.82) is 0 Å². The number of hydrogen-bond acceptors (Lipinski definition) is 3. The summed E-state index contributed by atoms with van der Waals surface area (Å²) in [6, 6.07) is 7.19. The molecule has 0 bridgehead atoms. The number of fused-ring (bicyclic) bond motifs is 1. The number of carbonyl (C=O) groups is 2. The third-order valence-corrected chi connectivity index (χ3v) is 4.46. The Labute approximate surface area is 129 Å². The standard InChI is InChI=1S/C15H14BrNO4/c16-11-3-1-2-8-7-12(21-13(8)11)14(18)17-10-5-4-9(6-10)15(19)20/h1-3,7,9-10H,4-6H2,(H,17,18)(H,19,20)/t9-,10+/m1/s1. The van der Waals surface area contributed by atoms with Gasteiger partial charge in [0, 0.05) is 11.4 Å². The van der Waals surface area contributed by atoms with Crippen LogP contribution in [0, 0.1) is 5.92 Å². The van der Waals surface area contributed by atoms with E-state index >= 15 is 0 Å². The highest BCUT2D eigenvalue weighted by atomic mass is 79.9. The molecule has 2 atom stereocenters. The highest BCUT2D eigenvalue weighted by Gasteiger charge is 2.31. The molecule has 0 radical (unpaired) electrons. The van der Waals surface area contributed by atoms with Gasteiger partial charge >= 0.3 is 5.97 Å². The third-order valence-electron chi connectivity index (χ3n) is 3.84. The molecule has 110 valence electrons. The predicted molar refractivity (Wildman–Crippen MR) is 80.1 cm³/mol. The maximum absolute atomic E-state index is 12.2. The fraction of sp³-hybridized carbons (Fsp3) is 0.333. The van der Waals surface area contributed by atoms with Gasteiger partial charge in [-0.3, -0.25) is 9.59 Å². The Morgan fingerprint density at radius 3 is 2.81 bits per heavy atom. The van der Waals surface area contributed by atoms with Gasteiger partial charge in [0.2, 0.25) is 0 Å². The van der Waals surface area contributed by atoms with Gasteiger partial charge in [-0.15, -0.1) is 0 Å². The van der Waals surface area contributed by atoms with Crippen molar-refractivity contribution in [2.75, 3.05) is 0 Å². The molecule has 1 fully saturated rings. The Balaban J connectivity index is 1.73. The number of halogens is 1. The molecule has 0 unspecified atom stereocenters. The summed E-state index contributed by atoms with van der Waals surface area (Å²) in [7, 11) is 0. The number of carboxylic acids is 1. The highest BCUT2D eigenvalue weighted by Crippen LogP contribution is 2.28. The summed E-state index contributed by atoms with van der Waals surface area (Å²) in [5.74, 6) is -1.20. The lowest BCUT2D eigenvalue weighted by molar-refractivity contribution is -0.141. The minimum Gasteiger partial charge on any atom is -0.481 e. The van der Waals surface area contributed by atoms with Crippen molar-refractivity contribution in [2.24, 2.45) is 5.92 Å². The molecule has 0 spiro atoms. The lowest BCUT2D eigenvalue weighted by atomic mass is 10.1. The van der Waals surface area contributed by atoms with E-state index in [1.165, 1.54) is 0 Å². The smallest absolute Gasteiger partial charge is 0.306 e. The van der Waals surface area contributed by atoms with Gasteiger partial charge in [-0.2, -0.15) is 0 Å². The van der Waals surface area contributed by atoms with Crippen LogP contribution in [0.15, 0.2) is 33.2 Å². The van der Waals surface area contributed by atoms with Crippen LogP contribution < -0.4 is 5.32 Å². The molecule has 2 N–H and O–H groups in total. The Morgan fingerprint density at radius 2 is 2.14 bits per heavy atom. The van der Waals surface area contributed by atoms with Gasteiger partial charge in [0.15, 0.2) is 5.76 Å². The quantitative estimate of drug-likeness (QED) is 0.889. The Kier molecular flexibility index (Phi) is 3.71. The van der Waals surface area contributed by atoms with E-state index in [1.54, 1.807) is 6.07 Å². The fourth-order valence-electron chi connectivity index (χ4n) is 2.73. The predicted octanol–water partition coefficient (Wildman–Crippen LogP) is 3.18. The molecule has 1 saturated carbocycles. The van der Waals surface area contributed by atoms with Crippen molar-refractivity contribution in [3.05, 3.63) is 34.5 Å². The van der Waals surface area contributed by atoms with Gasteiger partial charge in [-0.05, 0) is 47.3 Å². The number of rotatable bonds is 3. The van der Waals surface area contributed by atoms with Gasteiger partial charge < -0.3 is 14.8 Å². The summed E-state index contributed by atoms with van der Waals surface area (Å²) in [6.07, 6.45) is 1.77. The Hall–Kier alpha value is -1.82. The van der Waals surface area contributed by atoms with E-state index in [4.69, 9.17) is 9.52 Å². The summed E-state index contributed by atoms with van der Waals surface area (Å²) in [4.78, 5) is 23.1. The summed E-state index contributed by atoms with van der Waals surface area (Å²) >= 11 is 3.38. The first-order valence-electron chi connectivity index (χ1n) is 6.76. The van der Waals surface area contributed by atoms with Gasteiger partial charge in [0.1, 0.15) is 5.58 Å². The zero-order valence-corrected chi connectivity index (χ0v) is 12.7. The van der Waals surface area contributed by atoms with E-state index in [1.807, 2.05) is 18.2 Å². The minimum absolute atomic E-state index is 0.102. The molecule has 3 rings (SSSR count). The number of aliphatic carboxylic acids is 1. The first-order valence-corrected chi connectivity index (χ1v) is 7.55. The molecule has 1 aromatic carbocycles. The number of amides is 1. The summed E-state index contributed by atoms with van der Waals surface area (Å²) in [5.41, 5.74) is 0.637. The molecular formula is C15H14BrNO4. The SMILES string of the molecule is O=C(N[C@H]1CC[C@@H](C(=O)O)C1)c1cc2cccc(Br)c2o1. The van der Waals surface area contributed by atoms with Crippen LogP contribution in [-0.4, -0.2) is 23.0 Å². The Bertz CT molecular complexity index is 709. The average molecular weight is 352 g/mol. The van der Waals surface area contributed by atoms with Crippen LogP contribution in [0.1, 0.15) is 29.8 Å². The summed E-state index contributed by atoms with van der Waals surface area (Å²) in [5, 5.41) is 12.7. The van der Waals surface area contributed by atoms with E-state index in [9.17, 15) is 9.59 Å². The molecule has 1 heterocycles. The second kappa shape index (κ2) is 5.52. The van der Waals surface area contributed by atoms with Crippen LogP contribution in [0.3, 0.4) is 0 Å². The molecule has 2 aromatic rings. The molecule has 1 aliphatic carbocycles. The van der Waals surface area contributed by atoms with Gasteiger partial charge in [0.05, 0.1) is 10.4 Å². The van der Waals surface area contributed by atoms with Crippen molar-refractivity contribution in [2.45, 2.75) is 25.3 Å². The number of benzene rings is 1. The lowest BCUT2D eigenvalue weighted by Gasteiger charge is -2.10. The topological polar surface area (TPSA) is 79.5 Å². The highest BCUT2D eigenvalue weighted by molar-refractivity contribution is 9.10. The van der Waals surface area contributed by atoms with Crippen molar-refractivity contribution >= 4 is 38.8 Å². The fourth-order valence-corrected chi connectivity index (χ4v) is 3.20. The number of furan rings is 1. The van der Waals surface area contributed by atoms with Crippen molar-refractivity contribution in [1.82, 2.24) is 5.32 Å². The van der Waals surface area contributed by atoms with Crippen LogP contribution in [0.4, 0.5) is 0 Å². The molecule has 1 aliphatic rings. The number of carbonyl (C=O) groups excluding carboxylic acids is 1. The number of hydrogen-bond donors (Lipinski definition) is 2. The van der Waals surface area contributed by atoms with Crippen LogP contribution in [0.2, 0.25) is 0 Å². The van der Waals surface area contributed by atoms with Gasteiger partial charge in [-0.25, -0.2) is 0 Å². The maximum atomic E-state index is 12.2. The monoisotopic (exact) mass is 351 g/mol. The summed E-state index contributed by atoms with van der Waals surface area (Å²) in [6.45, 7) is 0. The second-order valence-corrected chi connectivity index (χ2v) is 6.14. The van der Waals surface area contributed by atoms with E-state index in [0.29, 0.717) is 24.8 Å². The first kappa shape index (κ1) is 14.1. The molecule has 6 heteroatoms. The third kappa shape index (κ3) is 2.81. The van der Waals surface area contributed by atoms with Crippen LogP contribution >= 0.6 is 15.9 Å². The number of para-hydroxylation sites is 1. The van der Waals surface area contributed by atoms with Gasteiger partial charge in [0.25, 0.3) is 5.91 Å². The van der Waals surface area contributed by atoms with Crippen LogP contribution in [0.25, 0.3) is 11.0 Å². The minimum atomic E-state index is -0.792. The van der Waals surface area contributed by atoms with E-state index in [0.717, 1.165) is 9.86 Å². The zero-order chi connectivity index (χ0) is 15.0. The summed E-state index contributed by atoms with van der Waals surface area (Å²) < 4.78 is 6.37. The normalized spacial score (nSPS) is 21.6. The number of nitrogens with one attached hydrogen (secondary N) is 1. The average Bonchev–Trinajstić information content (AvgIpc) is 3.05. The zero-order valence-electron chi connectivity index (χ0n) is 11.1. The molecular weight excluding hydrogens is 338 g/mol.